The van der Waals surface area contributed by atoms with Gasteiger partial charge in [0.1, 0.15) is 0 Å². The van der Waals surface area contributed by atoms with Crippen LogP contribution in [0.5, 0.6) is 0 Å². The molecule has 0 aliphatic heterocycles. The van der Waals surface area contributed by atoms with Crippen LogP contribution in [0.4, 0.5) is 11.4 Å². The van der Waals surface area contributed by atoms with E-state index in [1.807, 2.05) is 18.2 Å². The molecule has 18 heavy (non-hydrogen) atoms. The molecule has 1 aliphatic carbocycles. The third kappa shape index (κ3) is 3.16. The van der Waals surface area contributed by atoms with E-state index in [0.717, 1.165) is 17.9 Å². The zero-order valence-corrected chi connectivity index (χ0v) is 11.2. The van der Waals surface area contributed by atoms with Gasteiger partial charge in [-0.3, -0.25) is 0 Å². The molecule has 100 valence electrons. The number of nitrogens with two attached hydrogens (primary N) is 1. The highest BCUT2D eigenvalue weighted by atomic mass is 16.3. The van der Waals surface area contributed by atoms with Crippen molar-refractivity contribution in [3.63, 3.8) is 0 Å². The van der Waals surface area contributed by atoms with E-state index >= 15 is 0 Å². The lowest BCUT2D eigenvalue weighted by molar-refractivity contribution is 0.141. The number of rotatable bonds is 4. The zero-order valence-electron chi connectivity index (χ0n) is 11.2. The Morgan fingerprint density at radius 2 is 2.00 bits per heavy atom. The van der Waals surface area contributed by atoms with E-state index in [1.54, 1.807) is 0 Å². The van der Waals surface area contributed by atoms with Gasteiger partial charge in [-0.25, -0.2) is 0 Å². The lowest BCUT2D eigenvalue weighted by atomic mass is 9.79. The maximum atomic E-state index is 9.41. The van der Waals surface area contributed by atoms with Crippen LogP contribution in [0.3, 0.4) is 0 Å². The molecule has 2 atom stereocenters. The second-order valence-electron chi connectivity index (χ2n) is 5.44. The molecule has 0 saturated heterocycles. The quantitative estimate of drug-likeness (QED) is 0.718. The van der Waals surface area contributed by atoms with Gasteiger partial charge in [-0.1, -0.05) is 12.8 Å². The molecule has 1 aromatic carbocycles. The maximum Gasteiger partial charge on any atom is 0.0462 e. The fraction of sp³-hybridized carbons (Fsp3) is 0.600. The minimum Gasteiger partial charge on any atom is -0.399 e. The minimum atomic E-state index is 0.326. The van der Waals surface area contributed by atoms with E-state index in [0.29, 0.717) is 18.4 Å². The second-order valence-corrected chi connectivity index (χ2v) is 5.44. The molecule has 0 aromatic heterocycles. The van der Waals surface area contributed by atoms with Crippen molar-refractivity contribution in [1.82, 2.24) is 0 Å². The van der Waals surface area contributed by atoms with Gasteiger partial charge in [0.05, 0.1) is 0 Å². The number of aliphatic hydroxyl groups is 1. The number of aryl methyl sites for hydroxylation is 1. The van der Waals surface area contributed by atoms with Crippen molar-refractivity contribution < 1.29 is 5.11 Å². The minimum absolute atomic E-state index is 0.326. The van der Waals surface area contributed by atoms with Gasteiger partial charge in [0.25, 0.3) is 0 Å². The summed E-state index contributed by atoms with van der Waals surface area (Å²) in [6, 6.07) is 5.97. The maximum absolute atomic E-state index is 9.41. The molecule has 1 fully saturated rings. The first kappa shape index (κ1) is 13.2. The average molecular weight is 248 g/mol. The van der Waals surface area contributed by atoms with E-state index in [4.69, 9.17) is 5.73 Å². The molecular formula is C15H24N2O. The summed E-state index contributed by atoms with van der Waals surface area (Å²) in [6.07, 6.45) is 4.96. The summed E-state index contributed by atoms with van der Waals surface area (Å²) in [7, 11) is 0. The standard InChI is InChI=1S/C15H24N2O/c1-11-8-14(16)6-7-15(11)17-9-12-4-2-3-5-13(12)10-18/h6-8,12-13,17-18H,2-5,9-10,16H2,1H3. The third-order valence-electron chi connectivity index (χ3n) is 4.11. The Kier molecular flexibility index (Phi) is 4.48. The monoisotopic (exact) mass is 248 g/mol. The third-order valence-corrected chi connectivity index (χ3v) is 4.11. The number of hydrogen-bond acceptors (Lipinski definition) is 3. The largest absolute Gasteiger partial charge is 0.399 e. The zero-order chi connectivity index (χ0) is 13.0. The van der Waals surface area contributed by atoms with Gasteiger partial charge in [-0.2, -0.15) is 0 Å². The Morgan fingerprint density at radius 1 is 1.28 bits per heavy atom. The van der Waals surface area contributed by atoms with Crippen molar-refractivity contribution in [1.29, 1.82) is 0 Å². The smallest absolute Gasteiger partial charge is 0.0462 e. The highest BCUT2D eigenvalue weighted by molar-refractivity contribution is 5.57. The van der Waals surface area contributed by atoms with Crippen molar-refractivity contribution in [3.8, 4) is 0 Å². The fourth-order valence-electron chi connectivity index (χ4n) is 2.92. The van der Waals surface area contributed by atoms with Crippen LogP contribution in [0.1, 0.15) is 31.2 Å². The Hall–Kier alpha value is -1.22. The van der Waals surface area contributed by atoms with Crippen molar-refractivity contribution >= 4 is 11.4 Å². The number of benzene rings is 1. The molecule has 2 unspecified atom stereocenters. The molecule has 2 rings (SSSR count). The van der Waals surface area contributed by atoms with E-state index in [2.05, 4.69) is 12.2 Å². The van der Waals surface area contributed by atoms with Crippen LogP contribution < -0.4 is 11.1 Å². The van der Waals surface area contributed by atoms with Gasteiger partial charge in [0, 0.05) is 24.5 Å². The van der Waals surface area contributed by atoms with E-state index in [-0.39, 0.29) is 0 Å². The van der Waals surface area contributed by atoms with Crippen LogP contribution in [0, 0.1) is 18.8 Å². The second kappa shape index (κ2) is 6.10. The Labute approximate surface area is 109 Å². The summed E-state index contributed by atoms with van der Waals surface area (Å²) in [5.74, 6) is 1.07. The van der Waals surface area contributed by atoms with E-state index in [9.17, 15) is 5.11 Å². The molecule has 3 heteroatoms. The first-order valence-electron chi connectivity index (χ1n) is 6.91. The highest BCUT2D eigenvalue weighted by Gasteiger charge is 2.24. The SMILES string of the molecule is Cc1cc(N)ccc1NCC1CCCCC1CO. The van der Waals surface area contributed by atoms with Crippen LogP contribution >= 0.6 is 0 Å². The molecule has 0 spiro atoms. The van der Waals surface area contributed by atoms with Crippen molar-refractivity contribution in [3.05, 3.63) is 23.8 Å². The summed E-state index contributed by atoms with van der Waals surface area (Å²) in [5, 5.41) is 12.9. The molecule has 0 radical (unpaired) electrons. The molecule has 0 amide bonds. The number of nitrogens with one attached hydrogen (secondary N) is 1. The van der Waals surface area contributed by atoms with Gasteiger partial charge >= 0.3 is 0 Å². The predicted octanol–water partition coefficient (Wildman–Crippen LogP) is 2.79. The molecule has 0 heterocycles. The topological polar surface area (TPSA) is 58.3 Å². The van der Waals surface area contributed by atoms with Crippen LogP contribution in [-0.2, 0) is 0 Å². The summed E-state index contributed by atoms with van der Waals surface area (Å²) in [5.41, 5.74) is 8.90. The highest BCUT2D eigenvalue weighted by Crippen LogP contribution is 2.30. The number of nitrogen functional groups attached to an aromatic ring is 1. The van der Waals surface area contributed by atoms with E-state index < -0.39 is 0 Å². The number of anilines is 2. The Bertz CT molecular complexity index is 392. The molecular weight excluding hydrogens is 224 g/mol. The van der Waals surface area contributed by atoms with Crippen molar-refractivity contribution in [2.45, 2.75) is 32.6 Å². The van der Waals surface area contributed by atoms with Gasteiger partial charge < -0.3 is 16.2 Å². The molecule has 3 nitrogen and oxygen atoms in total. The number of aliphatic hydroxyl groups excluding tert-OH is 1. The lowest BCUT2D eigenvalue weighted by Crippen LogP contribution is -2.28. The summed E-state index contributed by atoms with van der Waals surface area (Å²) < 4.78 is 0. The van der Waals surface area contributed by atoms with Crippen molar-refractivity contribution in [2.24, 2.45) is 11.8 Å². The number of hydrogen-bond donors (Lipinski definition) is 3. The van der Waals surface area contributed by atoms with Crippen LogP contribution in [0.15, 0.2) is 18.2 Å². The normalized spacial score (nSPS) is 23.9. The van der Waals surface area contributed by atoms with Gasteiger partial charge in [-0.05, 0) is 55.4 Å². The van der Waals surface area contributed by atoms with Crippen LogP contribution in [-0.4, -0.2) is 18.3 Å². The van der Waals surface area contributed by atoms with Crippen LogP contribution in [0.2, 0.25) is 0 Å². The average Bonchev–Trinajstić information content (AvgIpc) is 2.38. The van der Waals surface area contributed by atoms with Gasteiger partial charge in [-0.15, -0.1) is 0 Å². The summed E-state index contributed by atoms with van der Waals surface area (Å²) in [6.45, 7) is 3.35. The van der Waals surface area contributed by atoms with Gasteiger partial charge in [0.15, 0.2) is 0 Å². The molecule has 0 bridgehead atoms. The molecule has 1 saturated carbocycles. The van der Waals surface area contributed by atoms with E-state index in [1.165, 1.54) is 31.2 Å². The summed E-state index contributed by atoms with van der Waals surface area (Å²) >= 11 is 0. The Morgan fingerprint density at radius 3 is 2.67 bits per heavy atom. The lowest BCUT2D eigenvalue weighted by Gasteiger charge is -2.30. The van der Waals surface area contributed by atoms with Crippen LogP contribution in [0.25, 0.3) is 0 Å². The molecule has 4 N–H and O–H groups in total. The molecule has 1 aliphatic rings. The van der Waals surface area contributed by atoms with Crippen molar-refractivity contribution in [2.75, 3.05) is 24.2 Å². The first-order chi connectivity index (χ1) is 8.70. The fourth-order valence-corrected chi connectivity index (χ4v) is 2.92. The molecule has 1 aromatic rings. The Balaban J connectivity index is 1.93. The summed E-state index contributed by atoms with van der Waals surface area (Å²) in [4.78, 5) is 0. The first-order valence-corrected chi connectivity index (χ1v) is 6.91. The van der Waals surface area contributed by atoms with Gasteiger partial charge in [0.2, 0.25) is 0 Å². The predicted molar refractivity (Wildman–Crippen MR) is 76.6 cm³/mol.